The van der Waals surface area contributed by atoms with E-state index in [1.54, 1.807) is 14.2 Å². The Balaban J connectivity index is 2.83. The van der Waals surface area contributed by atoms with E-state index in [1.807, 2.05) is 18.2 Å². The first-order valence-electron chi connectivity index (χ1n) is 10.0. The number of carbonyl (C=O) groups is 1. The van der Waals surface area contributed by atoms with Gasteiger partial charge in [-0.05, 0) is 30.5 Å². The molecule has 0 aliphatic heterocycles. The zero-order chi connectivity index (χ0) is 20.8. The number of unbranched alkanes of at least 4 members (excludes halogenated alkanes) is 1. The fraction of sp³-hybridized carbons (Fsp3) is 0.682. The van der Waals surface area contributed by atoms with Crippen LogP contribution >= 0.6 is 0 Å². The maximum atomic E-state index is 11.2. The molecule has 1 aromatic carbocycles. The lowest BCUT2D eigenvalue weighted by Crippen LogP contribution is -2.45. The van der Waals surface area contributed by atoms with Gasteiger partial charge in [-0.1, -0.05) is 33.3 Å². The highest BCUT2D eigenvalue weighted by atomic mass is 16.5. The van der Waals surface area contributed by atoms with Crippen LogP contribution in [0.2, 0.25) is 0 Å². The molecule has 0 saturated carbocycles. The summed E-state index contributed by atoms with van der Waals surface area (Å²) in [6.07, 6.45) is 4.41. The van der Waals surface area contributed by atoms with Crippen LogP contribution < -0.4 is 14.8 Å². The minimum absolute atomic E-state index is 0.0543. The molecule has 0 spiro atoms. The lowest BCUT2D eigenvalue weighted by molar-refractivity contribution is -0.111. The normalized spacial score (nSPS) is 12.5. The third-order valence-electron chi connectivity index (χ3n) is 4.75. The Bertz CT molecular complexity index is 562. The fourth-order valence-corrected chi connectivity index (χ4v) is 2.91. The number of rotatable bonds is 16. The molecule has 1 amide bonds. The summed E-state index contributed by atoms with van der Waals surface area (Å²) in [4.78, 5) is 11.2. The van der Waals surface area contributed by atoms with Gasteiger partial charge in [-0.3, -0.25) is 4.79 Å². The van der Waals surface area contributed by atoms with Crippen LogP contribution in [0.5, 0.6) is 11.5 Å². The first-order chi connectivity index (χ1) is 13.5. The van der Waals surface area contributed by atoms with Gasteiger partial charge in [-0.2, -0.15) is 0 Å². The van der Waals surface area contributed by atoms with Gasteiger partial charge >= 0.3 is 0 Å². The molecule has 0 heterocycles. The second-order valence-electron chi connectivity index (χ2n) is 7.62. The Hall–Kier alpha value is -1.79. The second kappa shape index (κ2) is 13.4. The summed E-state index contributed by atoms with van der Waals surface area (Å²) >= 11 is 0. The van der Waals surface area contributed by atoms with Crippen LogP contribution in [0, 0.1) is 5.41 Å². The van der Waals surface area contributed by atoms with Gasteiger partial charge in [0.15, 0.2) is 11.5 Å². The summed E-state index contributed by atoms with van der Waals surface area (Å²) in [7, 11) is 3.31. The van der Waals surface area contributed by atoms with E-state index in [9.17, 15) is 4.79 Å². The van der Waals surface area contributed by atoms with Gasteiger partial charge in [0.1, 0.15) is 0 Å². The van der Waals surface area contributed by atoms with Crippen LogP contribution in [-0.4, -0.2) is 53.1 Å². The highest BCUT2D eigenvalue weighted by molar-refractivity contribution is 5.48. The van der Waals surface area contributed by atoms with Crippen molar-refractivity contribution in [2.75, 3.05) is 40.6 Å². The van der Waals surface area contributed by atoms with E-state index >= 15 is 0 Å². The van der Waals surface area contributed by atoms with Crippen LogP contribution in [0.4, 0.5) is 0 Å². The second-order valence-corrected chi connectivity index (χ2v) is 7.62. The van der Waals surface area contributed by atoms with Crippen molar-refractivity contribution in [1.82, 2.24) is 5.32 Å². The topological polar surface area (TPSA) is 66.0 Å². The van der Waals surface area contributed by atoms with Crippen LogP contribution in [0.25, 0.3) is 0 Å². The van der Waals surface area contributed by atoms with E-state index in [1.165, 1.54) is 0 Å². The van der Waals surface area contributed by atoms with Crippen molar-refractivity contribution in [3.05, 3.63) is 23.8 Å². The molecule has 28 heavy (non-hydrogen) atoms. The van der Waals surface area contributed by atoms with Crippen molar-refractivity contribution >= 4 is 6.41 Å². The van der Waals surface area contributed by atoms with Gasteiger partial charge in [-0.25, -0.2) is 0 Å². The lowest BCUT2D eigenvalue weighted by atomic mass is 9.81. The standard InChI is InChI=1S/C22H37NO5/c1-6-7-12-27-16-22(2,3)21(23-17-24)15-18-9-10-19(26-5)20(14-18)28-13-8-11-25-4/h9-10,14,17,21H,6-8,11-13,15-16H2,1-5H3,(H,23,24). The van der Waals surface area contributed by atoms with Gasteiger partial charge in [0.25, 0.3) is 0 Å². The smallest absolute Gasteiger partial charge is 0.207 e. The molecule has 1 N–H and O–H groups in total. The number of nitrogens with one attached hydrogen (secondary N) is 1. The summed E-state index contributed by atoms with van der Waals surface area (Å²) in [6, 6.07) is 5.85. The molecule has 0 aliphatic rings. The van der Waals surface area contributed by atoms with Gasteiger partial charge in [0, 0.05) is 38.2 Å². The van der Waals surface area contributed by atoms with Gasteiger partial charge in [0.05, 0.1) is 20.3 Å². The number of ether oxygens (including phenoxy) is 4. The molecule has 1 atom stereocenters. The van der Waals surface area contributed by atoms with Crippen molar-refractivity contribution < 1.29 is 23.7 Å². The molecule has 1 unspecified atom stereocenters. The Morgan fingerprint density at radius 2 is 1.89 bits per heavy atom. The maximum Gasteiger partial charge on any atom is 0.207 e. The predicted molar refractivity (Wildman–Crippen MR) is 111 cm³/mol. The molecule has 0 radical (unpaired) electrons. The number of carbonyl (C=O) groups excluding carboxylic acids is 1. The summed E-state index contributed by atoms with van der Waals surface area (Å²) in [5.41, 5.74) is 0.872. The van der Waals surface area contributed by atoms with Crippen LogP contribution in [-0.2, 0) is 20.7 Å². The summed E-state index contributed by atoms with van der Waals surface area (Å²) in [6.45, 7) is 8.92. The SMILES string of the molecule is CCCCOCC(C)(C)C(Cc1ccc(OC)c(OCCCOC)c1)NC=O. The number of benzene rings is 1. The number of amides is 1. The molecule has 6 heteroatoms. The molecule has 0 fully saturated rings. The van der Waals surface area contributed by atoms with Gasteiger partial charge in [0.2, 0.25) is 6.41 Å². The number of hydrogen-bond donors (Lipinski definition) is 1. The molecule has 0 aliphatic carbocycles. The van der Waals surface area contributed by atoms with Crippen molar-refractivity contribution in [3.8, 4) is 11.5 Å². The molecule has 1 rings (SSSR count). The van der Waals surface area contributed by atoms with Gasteiger partial charge < -0.3 is 24.3 Å². The number of hydrogen-bond acceptors (Lipinski definition) is 5. The zero-order valence-electron chi connectivity index (χ0n) is 18.1. The maximum absolute atomic E-state index is 11.2. The average molecular weight is 396 g/mol. The fourth-order valence-electron chi connectivity index (χ4n) is 2.91. The molecule has 6 nitrogen and oxygen atoms in total. The van der Waals surface area contributed by atoms with Crippen molar-refractivity contribution in [2.24, 2.45) is 5.41 Å². The Morgan fingerprint density at radius 3 is 2.54 bits per heavy atom. The zero-order valence-corrected chi connectivity index (χ0v) is 18.1. The minimum Gasteiger partial charge on any atom is -0.493 e. The van der Waals surface area contributed by atoms with Gasteiger partial charge in [-0.15, -0.1) is 0 Å². The summed E-state index contributed by atoms with van der Waals surface area (Å²) < 4.78 is 22.2. The van der Waals surface area contributed by atoms with Crippen LogP contribution in [0.15, 0.2) is 18.2 Å². The lowest BCUT2D eigenvalue weighted by Gasteiger charge is -2.34. The van der Waals surface area contributed by atoms with E-state index < -0.39 is 0 Å². The van der Waals surface area contributed by atoms with E-state index in [2.05, 4.69) is 26.1 Å². The molecule has 0 bridgehead atoms. The highest BCUT2D eigenvalue weighted by Gasteiger charge is 2.30. The first-order valence-corrected chi connectivity index (χ1v) is 10.0. The highest BCUT2D eigenvalue weighted by Crippen LogP contribution is 2.31. The number of methoxy groups -OCH3 is 2. The monoisotopic (exact) mass is 395 g/mol. The van der Waals surface area contributed by atoms with E-state index in [0.717, 1.165) is 37.8 Å². The molecule has 1 aromatic rings. The molecule has 0 aromatic heterocycles. The predicted octanol–water partition coefficient (Wildman–Crippen LogP) is 3.61. The van der Waals surface area contributed by atoms with E-state index in [0.29, 0.717) is 37.7 Å². The Morgan fingerprint density at radius 1 is 1.11 bits per heavy atom. The largest absolute Gasteiger partial charge is 0.493 e. The molecular formula is C22H37NO5. The van der Waals surface area contributed by atoms with E-state index in [-0.39, 0.29) is 11.5 Å². The molecule has 0 saturated heterocycles. The molecular weight excluding hydrogens is 358 g/mol. The summed E-state index contributed by atoms with van der Waals surface area (Å²) in [5, 5.41) is 2.97. The Kier molecular flexibility index (Phi) is 11.6. The van der Waals surface area contributed by atoms with Crippen molar-refractivity contribution in [1.29, 1.82) is 0 Å². The molecule has 160 valence electrons. The average Bonchev–Trinajstić information content (AvgIpc) is 2.68. The summed E-state index contributed by atoms with van der Waals surface area (Å²) in [5.74, 6) is 1.40. The first kappa shape index (κ1) is 24.2. The van der Waals surface area contributed by atoms with Crippen molar-refractivity contribution in [3.63, 3.8) is 0 Å². The third-order valence-corrected chi connectivity index (χ3v) is 4.75. The van der Waals surface area contributed by atoms with E-state index in [4.69, 9.17) is 18.9 Å². The Labute approximate surface area is 169 Å². The van der Waals surface area contributed by atoms with Crippen molar-refractivity contribution in [2.45, 2.75) is 52.5 Å². The van der Waals surface area contributed by atoms with Crippen LogP contribution in [0.3, 0.4) is 0 Å². The minimum atomic E-state index is -0.200. The third kappa shape index (κ3) is 8.48. The van der Waals surface area contributed by atoms with Crippen LogP contribution in [0.1, 0.15) is 45.6 Å². The quantitative estimate of drug-likeness (QED) is 0.342.